The van der Waals surface area contributed by atoms with Gasteiger partial charge in [-0.1, -0.05) is 17.7 Å². The number of hydrogen-bond acceptors (Lipinski definition) is 7. The van der Waals surface area contributed by atoms with Crippen LogP contribution in [0, 0.1) is 5.82 Å². The molecule has 9 nitrogen and oxygen atoms in total. The van der Waals surface area contributed by atoms with E-state index in [1.54, 1.807) is 20.2 Å². The predicted molar refractivity (Wildman–Crippen MR) is 113 cm³/mol. The van der Waals surface area contributed by atoms with Crippen molar-refractivity contribution >= 4 is 29.3 Å². The van der Waals surface area contributed by atoms with Gasteiger partial charge in [0.1, 0.15) is 18.0 Å². The SMILES string of the molecule is COCCN1N=C(C)C(C)N2C3C(=O)N(Cc4c(F)cccc4Cl)C(=O)N(C)C3NC12. The molecule has 1 N–H and O–H groups in total. The van der Waals surface area contributed by atoms with E-state index in [1.807, 2.05) is 23.8 Å². The zero-order valence-corrected chi connectivity index (χ0v) is 18.6. The molecule has 0 aliphatic carbocycles. The van der Waals surface area contributed by atoms with Crippen molar-refractivity contribution in [3.05, 3.63) is 34.6 Å². The molecule has 0 aromatic heterocycles. The highest BCUT2D eigenvalue weighted by molar-refractivity contribution is 6.31. The van der Waals surface area contributed by atoms with Crippen LogP contribution in [0.1, 0.15) is 19.4 Å². The Hall–Kier alpha value is -2.27. The highest BCUT2D eigenvalue weighted by Crippen LogP contribution is 2.34. The quantitative estimate of drug-likeness (QED) is 0.729. The van der Waals surface area contributed by atoms with Gasteiger partial charge in [-0.15, -0.1) is 0 Å². The van der Waals surface area contributed by atoms with Gasteiger partial charge in [0.05, 0.1) is 31.4 Å². The molecule has 2 fully saturated rings. The topological polar surface area (TPSA) is 80.7 Å². The minimum absolute atomic E-state index is 0.117. The number of nitrogens with zero attached hydrogens (tertiary/aromatic N) is 5. The van der Waals surface area contributed by atoms with E-state index in [4.69, 9.17) is 16.3 Å². The van der Waals surface area contributed by atoms with Gasteiger partial charge >= 0.3 is 6.03 Å². The van der Waals surface area contributed by atoms with E-state index in [1.165, 1.54) is 17.0 Å². The monoisotopic (exact) mass is 452 g/mol. The summed E-state index contributed by atoms with van der Waals surface area (Å²) >= 11 is 6.15. The minimum atomic E-state index is -0.649. The van der Waals surface area contributed by atoms with E-state index in [-0.39, 0.29) is 29.5 Å². The Morgan fingerprint density at radius 3 is 2.74 bits per heavy atom. The zero-order valence-electron chi connectivity index (χ0n) is 17.9. The molecule has 1 aromatic rings. The number of hydrazone groups is 1. The second-order valence-corrected chi connectivity index (χ2v) is 8.38. The van der Waals surface area contributed by atoms with Gasteiger partial charge in [-0.3, -0.25) is 20.0 Å². The fourth-order valence-electron chi connectivity index (χ4n) is 4.39. The summed E-state index contributed by atoms with van der Waals surface area (Å²) in [5.41, 5.74) is 0.970. The summed E-state index contributed by atoms with van der Waals surface area (Å²) in [5, 5.41) is 10.0. The van der Waals surface area contributed by atoms with Crippen molar-refractivity contribution in [3.8, 4) is 0 Å². The maximum atomic E-state index is 14.4. The first-order valence-electron chi connectivity index (χ1n) is 10.1. The molecule has 1 aromatic carbocycles. The van der Waals surface area contributed by atoms with Gasteiger partial charge in [0.15, 0.2) is 6.29 Å². The Balaban J connectivity index is 1.67. The third-order valence-corrected chi connectivity index (χ3v) is 6.57. The number of carbonyl (C=O) groups is 2. The molecule has 0 spiro atoms. The number of methoxy groups -OCH3 is 1. The van der Waals surface area contributed by atoms with Gasteiger partial charge in [0.25, 0.3) is 5.91 Å². The zero-order chi connectivity index (χ0) is 22.4. The van der Waals surface area contributed by atoms with E-state index in [0.717, 1.165) is 10.6 Å². The smallest absolute Gasteiger partial charge is 0.328 e. The number of halogens is 2. The second-order valence-electron chi connectivity index (χ2n) is 7.97. The summed E-state index contributed by atoms with van der Waals surface area (Å²) < 4.78 is 19.6. The molecule has 4 rings (SSSR count). The second kappa shape index (κ2) is 8.34. The molecular weight excluding hydrogens is 427 g/mol. The average Bonchev–Trinajstić information content (AvgIpc) is 3.14. The van der Waals surface area contributed by atoms with Crippen molar-refractivity contribution in [2.24, 2.45) is 5.10 Å². The number of benzene rings is 1. The molecule has 0 radical (unpaired) electrons. The van der Waals surface area contributed by atoms with Crippen LogP contribution in [0.2, 0.25) is 5.02 Å². The summed E-state index contributed by atoms with van der Waals surface area (Å²) in [7, 11) is 3.25. The highest BCUT2D eigenvalue weighted by Gasteiger charge is 2.58. The van der Waals surface area contributed by atoms with Crippen LogP contribution in [0.5, 0.6) is 0 Å². The number of carbonyl (C=O) groups excluding carboxylic acids is 2. The standard InChI is InChI=1S/C20H26ClFN6O3/c1-11-12(2)28-16-17(23-19(28)27(24-11)8-9-31-4)25(3)20(30)26(18(16)29)10-13-14(21)6-5-7-15(13)22/h5-7,12,16-17,19,23H,8-10H2,1-4H3. The molecule has 3 amide bonds. The number of amides is 3. The molecule has 11 heteroatoms. The lowest BCUT2D eigenvalue weighted by Crippen LogP contribution is -2.67. The first-order chi connectivity index (χ1) is 14.8. The number of fused-ring (bicyclic) bond motifs is 3. The molecule has 0 saturated carbocycles. The Kier molecular flexibility index (Phi) is 5.91. The molecular formula is C20H26ClFN6O3. The maximum Gasteiger partial charge on any atom is 0.328 e. The third-order valence-electron chi connectivity index (χ3n) is 6.21. The summed E-state index contributed by atoms with van der Waals surface area (Å²) in [5.74, 6) is -0.948. The lowest BCUT2D eigenvalue weighted by atomic mass is 10.0. The third kappa shape index (κ3) is 3.57. The lowest BCUT2D eigenvalue weighted by molar-refractivity contribution is -0.140. The largest absolute Gasteiger partial charge is 0.383 e. The number of urea groups is 1. The van der Waals surface area contributed by atoms with Crippen LogP contribution in [0.25, 0.3) is 0 Å². The number of nitrogens with one attached hydrogen (secondary N) is 1. The minimum Gasteiger partial charge on any atom is -0.383 e. The molecule has 3 heterocycles. The predicted octanol–water partition coefficient (Wildman–Crippen LogP) is 1.48. The van der Waals surface area contributed by atoms with Crippen molar-refractivity contribution < 1.29 is 18.7 Å². The van der Waals surface area contributed by atoms with Gasteiger partial charge in [0.2, 0.25) is 0 Å². The Bertz CT molecular complexity index is 910. The van der Waals surface area contributed by atoms with E-state index in [0.29, 0.717) is 13.2 Å². The average molecular weight is 453 g/mol. The summed E-state index contributed by atoms with van der Waals surface area (Å²) in [6, 6.07) is 3.01. The molecule has 3 aliphatic heterocycles. The van der Waals surface area contributed by atoms with Gasteiger partial charge in [0, 0.05) is 24.7 Å². The number of ether oxygens (including phenoxy) is 1. The van der Waals surface area contributed by atoms with Crippen molar-refractivity contribution in [2.45, 2.75) is 44.9 Å². The molecule has 4 unspecified atom stereocenters. The fraction of sp³-hybridized carbons (Fsp3) is 0.550. The Morgan fingerprint density at radius 1 is 1.32 bits per heavy atom. The lowest BCUT2D eigenvalue weighted by Gasteiger charge is -2.45. The Morgan fingerprint density at radius 2 is 2.06 bits per heavy atom. The number of imide groups is 1. The van der Waals surface area contributed by atoms with E-state index < -0.39 is 30.0 Å². The van der Waals surface area contributed by atoms with Crippen LogP contribution in [-0.4, -0.2) is 89.2 Å². The van der Waals surface area contributed by atoms with Crippen LogP contribution in [0.15, 0.2) is 23.3 Å². The van der Waals surface area contributed by atoms with E-state index in [9.17, 15) is 14.0 Å². The molecule has 3 aliphatic rings. The van der Waals surface area contributed by atoms with Crippen molar-refractivity contribution in [1.82, 2.24) is 25.0 Å². The van der Waals surface area contributed by atoms with Crippen molar-refractivity contribution in [1.29, 1.82) is 0 Å². The summed E-state index contributed by atoms with van der Waals surface area (Å²) in [6.07, 6.45) is -0.911. The number of likely N-dealkylation sites (N-methyl/N-ethyl adjacent to an activating group) is 1. The van der Waals surface area contributed by atoms with E-state index >= 15 is 0 Å². The normalized spacial score (nSPS) is 28.7. The van der Waals surface area contributed by atoms with Gasteiger partial charge in [-0.25, -0.2) is 14.1 Å². The van der Waals surface area contributed by atoms with Gasteiger partial charge in [-0.05, 0) is 26.0 Å². The van der Waals surface area contributed by atoms with Gasteiger partial charge in [-0.2, -0.15) is 5.10 Å². The number of hydrogen-bond donors (Lipinski definition) is 1. The van der Waals surface area contributed by atoms with E-state index in [2.05, 4.69) is 10.4 Å². The first kappa shape index (κ1) is 21.9. The summed E-state index contributed by atoms with van der Waals surface area (Å²) in [6.45, 7) is 4.64. The van der Waals surface area contributed by atoms with Crippen LogP contribution in [0.4, 0.5) is 9.18 Å². The van der Waals surface area contributed by atoms with Crippen LogP contribution in [0.3, 0.4) is 0 Å². The summed E-state index contributed by atoms with van der Waals surface area (Å²) in [4.78, 5) is 31.2. The molecule has 168 valence electrons. The Labute approximate surface area is 185 Å². The molecule has 4 atom stereocenters. The first-order valence-corrected chi connectivity index (χ1v) is 10.5. The van der Waals surface area contributed by atoms with Crippen LogP contribution in [-0.2, 0) is 16.1 Å². The number of rotatable bonds is 5. The highest BCUT2D eigenvalue weighted by atomic mass is 35.5. The molecule has 31 heavy (non-hydrogen) atoms. The van der Waals surface area contributed by atoms with Crippen molar-refractivity contribution in [2.75, 3.05) is 27.3 Å². The molecule has 0 bridgehead atoms. The van der Waals surface area contributed by atoms with Crippen molar-refractivity contribution in [3.63, 3.8) is 0 Å². The maximum absolute atomic E-state index is 14.4. The fourth-order valence-corrected chi connectivity index (χ4v) is 4.61. The van der Waals surface area contributed by atoms with Gasteiger partial charge < -0.3 is 9.64 Å². The van der Waals surface area contributed by atoms with Crippen LogP contribution >= 0.6 is 11.6 Å². The molecule has 2 saturated heterocycles. The van der Waals surface area contributed by atoms with Crippen LogP contribution < -0.4 is 5.32 Å².